The van der Waals surface area contributed by atoms with Crippen molar-refractivity contribution < 1.29 is 63.3 Å². The molecule has 2 aliphatic carbocycles. The second-order valence-corrected chi connectivity index (χ2v) is 13.8. The minimum absolute atomic E-state index is 0.0924. The van der Waals surface area contributed by atoms with Gasteiger partial charge in [0.1, 0.15) is 5.76 Å². The molecular weight excluding hydrogens is 690 g/mol. The molecule has 8 atom stereocenters. The van der Waals surface area contributed by atoms with E-state index in [4.69, 9.17) is 23.7 Å². The minimum Gasteiger partial charge on any atom is -0.504 e. The van der Waals surface area contributed by atoms with E-state index in [0.717, 1.165) is 12.5 Å². The zero-order chi connectivity index (χ0) is 37.7. The first-order valence-corrected chi connectivity index (χ1v) is 17.2. The van der Waals surface area contributed by atoms with Crippen molar-refractivity contribution in [2.24, 2.45) is 0 Å². The molecule has 14 nitrogen and oxygen atoms in total. The van der Waals surface area contributed by atoms with Gasteiger partial charge in [0.15, 0.2) is 36.1 Å². The first-order valence-electron chi connectivity index (χ1n) is 17.2. The maximum Gasteiger partial charge on any atom is 0.349 e. The highest BCUT2D eigenvalue weighted by Crippen LogP contribution is 2.65. The van der Waals surface area contributed by atoms with E-state index in [1.807, 2.05) is 13.1 Å². The molecule has 2 aliphatic heterocycles. The third-order valence-electron chi connectivity index (χ3n) is 10.7. The maximum atomic E-state index is 13.6. The van der Waals surface area contributed by atoms with Crippen LogP contribution in [0, 0.1) is 0 Å². The lowest BCUT2D eigenvalue weighted by atomic mass is 9.50. The summed E-state index contributed by atoms with van der Waals surface area (Å²) >= 11 is 0. The van der Waals surface area contributed by atoms with Crippen molar-refractivity contribution in [3.63, 3.8) is 0 Å². The first-order chi connectivity index (χ1) is 25.3. The Morgan fingerprint density at radius 2 is 1.62 bits per heavy atom. The predicted molar refractivity (Wildman–Crippen MR) is 182 cm³/mol. The molecule has 1 fully saturated rings. The zero-order valence-electron chi connectivity index (χ0n) is 28.9. The average Bonchev–Trinajstić information content (AvgIpc) is 3.50. The number of carbonyl (C=O) groups excluding carboxylic acids is 3. The summed E-state index contributed by atoms with van der Waals surface area (Å²) < 4.78 is 28.5. The van der Waals surface area contributed by atoms with Gasteiger partial charge in [-0.3, -0.25) is 9.59 Å². The van der Waals surface area contributed by atoms with Crippen molar-refractivity contribution in [3.8, 4) is 11.5 Å². The van der Waals surface area contributed by atoms with Crippen molar-refractivity contribution in [1.29, 1.82) is 0 Å². The van der Waals surface area contributed by atoms with E-state index in [0.29, 0.717) is 24.9 Å². The van der Waals surface area contributed by atoms with Crippen molar-refractivity contribution in [2.45, 2.75) is 80.4 Å². The highest BCUT2D eigenvalue weighted by molar-refractivity contribution is 5.82. The van der Waals surface area contributed by atoms with E-state index < -0.39 is 72.0 Å². The van der Waals surface area contributed by atoms with Crippen LogP contribution in [0.3, 0.4) is 0 Å². The number of likely N-dealkylation sites (N-methyl/N-ethyl adjacent to an activating group) is 1. The Morgan fingerprint density at radius 1 is 0.962 bits per heavy atom. The lowest BCUT2D eigenvalue weighted by Crippen LogP contribution is -2.74. The van der Waals surface area contributed by atoms with E-state index >= 15 is 0 Å². The number of nitrogens with zero attached hydrogens (tertiary/aromatic N) is 1. The van der Waals surface area contributed by atoms with Crippen molar-refractivity contribution in [1.82, 2.24) is 4.90 Å². The van der Waals surface area contributed by atoms with Crippen LogP contribution < -0.4 is 4.74 Å². The lowest BCUT2D eigenvalue weighted by molar-refractivity contribution is -0.219. The highest BCUT2D eigenvalue weighted by atomic mass is 16.7. The molecule has 4 aliphatic rings. The number of esters is 3. The number of carboxylic acid groups (broad SMARTS) is 1. The third kappa shape index (κ3) is 6.20. The number of aliphatic hydroxyl groups is 2. The van der Waals surface area contributed by atoms with Gasteiger partial charge in [-0.2, -0.15) is 0 Å². The normalized spacial score (nSPS) is 26.1. The summed E-state index contributed by atoms with van der Waals surface area (Å²) in [6, 6.07) is 18.7. The summed E-state index contributed by atoms with van der Waals surface area (Å²) in [6.07, 6.45) is -6.22. The molecular formula is C39H39NO13. The van der Waals surface area contributed by atoms with E-state index in [1.165, 1.54) is 24.3 Å². The van der Waals surface area contributed by atoms with Crippen LogP contribution in [0.25, 0.3) is 0 Å². The summed E-state index contributed by atoms with van der Waals surface area (Å²) in [6.45, 7) is 1.67. The fourth-order valence-electron chi connectivity index (χ4n) is 8.38. The predicted octanol–water partition coefficient (Wildman–Crippen LogP) is 2.98. The molecule has 2 bridgehead atoms. The molecule has 3 aromatic carbocycles. The second-order valence-electron chi connectivity index (χ2n) is 13.8. The standard InChI is InChI=1S/C39H39NO13/c1-21(41)49-27(36(46)53-32(23-11-7-4-8-12-23)37(47)52-31(35(44)45)22-9-5-3-6-10-22)20-29(43)50-26-15-16-39(48)28-19-24-13-14-25(42)33-30(24)38(39,34(26)51-33)17-18-40(28)2/h3-15,27-28,31-32,34,36,42,46,48H,16-20H2,1-2H3,(H,44,45)/t27-,28+,31-,32-,34-,36?,38?,39+/m0/s1. The number of hydrogen-bond acceptors (Lipinski definition) is 13. The Labute approximate surface area is 304 Å². The Bertz CT molecular complexity index is 1950. The number of carboxylic acids is 1. The van der Waals surface area contributed by atoms with E-state index in [1.54, 1.807) is 48.5 Å². The van der Waals surface area contributed by atoms with Crippen LogP contribution in [-0.2, 0) is 50.0 Å². The van der Waals surface area contributed by atoms with Gasteiger partial charge in [-0.05, 0) is 49.7 Å². The van der Waals surface area contributed by atoms with Crippen molar-refractivity contribution in [2.75, 3.05) is 13.6 Å². The van der Waals surface area contributed by atoms with Gasteiger partial charge in [-0.15, -0.1) is 0 Å². The summed E-state index contributed by atoms with van der Waals surface area (Å²) in [5, 5.41) is 44.3. The number of rotatable bonds is 12. The number of aromatic hydroxyl groups is 1. The molecule has 0 aromatic heterocycles. The summed E-state index contributed by atoms with van der Waals surface area (Å²) in [7, 11) is 1.95. The van der Waals surface area contributed by atoms with Crippen LogP contribution in [0.5, 0.6) is 11.5 Å². The molecule has 4 N–H and O–H groups in total. The van der Waals surface area contributed by atoms with Crippen LogP contribution in [0.15, 0.2) is 84.6 Å². The van der Waals surface area contributed by atoms with Gasteiger partial charge in [0.2, 0.25) is 6.10 Å². The molecule has 14 heteroatoms. The van der Waals surface area contributed by atoms with E-state index in [-0.39, 0.29) is 40.8 Å². The Morgan fingerprint density at radius 3 is 2.26 bits per heavy atom. The number of hydrogen-bond donors (Lipinski definition) is 4. The van der Waals surface area contributed by atoms with Crippen LogP contribution in [0.1, 0.15) is 60.6 Å². The number of aliphatic carboxylic acids is 1. The monoisotopic (exact) mass is 729 g/mol. The molecule has 0 amide bonds. The van der Waals surface area contributed by atoms with Crippen LogP contribution in [-0.4, -0.2) is 92.9 Å². The Balaban J connectivity index is 1.12. The fraction of sp³-hybridized carbons (Fsp3) is 0.385. The Hall–Kier alpha value is -5.28. The molecule has 0 saturated carbocycles. The summed E-state index contributed by atoms with van der Waals surface area (Å²) in [4.78, 5) is 53.5. The third-order valence-corrected chi connectivity index (χ3v) is 10.7. The fourth-order valence-corrected chi connectivity index (χ4v) is 8.38. The number of benzene rings is 3. The SMILES string of the molecule is CC(=O)O[C@@H](CC(=O)OC1=CC[C@@]2(O)[C@H]3Cc4ccc(O)c5c4C2(CCN3C)[C@H]1O5)C(O)O[C@H](C(=O)O[C@H](C(=O)O)c1ccccc1)c1ccccc1. The van der Waals surface area contributed by atoms with Crippen LogP contribution in [0.4, 0.5) is 0 Å². The number of likely N-dealkylation sites (tertiary alicyclic amines) is 1. The second kappa shape index (κ2) is 13.9. The molecule has 0 radical (unpaired) electrons. The number of carbonyl (C=O) groups is 4. The molecule has 278 valence electrons. The van der Waals surface area contributed by atoms with Gasteiger partial charge in [-0.1, -0.05) is 66.7 Å². The maximum absolute atomic E-state index is 13.6. The van der Waals surface area contributed by atoms with Gasteiger partial charge in [-0.25, -0.2) is 9.59 Å². The van der Waals surface area contributed by atoms with E-state index in [9.17, 15) is 39.6 Å². The summed E-state index contributed by atoms with van der Waals surface area (Å²) in [5.74, 6) is -4.22. The molecule has 53 heavy (non-hydrogen) atoms. The van der Waals surface area contributed by atoms with Crippen LogP contribution >= 0.6 is 0 Å². The highest BCUT2D eigenvalue weighted by Gasteiger charge is 2.72. The van der Waals surface area contributed by atoms with Gasteiger partial charge in [0, 0.05) is 30.5 Å². The zero-order valence-corrected chi connectivity index (χ0v) is 28.9. The molecule has 1 saturated heterocycles. The number of phenols is 1. The number of aliphatic hydroxyl groups excluding tert-OH is 1. The van der Waals surface area contributed by atoms with Crippen LogP contribution in [0.2, 0.25) is 0 Å². The van der Waals surface area contributed by atoms with Crippen molar-refractivity contribution >= 4 is 23.9 Å². The van der Waals surface area contributed by atoms with E-state index in [2.05, 4.69) is 4.90 Å². The number of ether oxygens (including phenoxy) is 5. The first kappa shape index (κ1) is 36.1. The van der Waals surface area contributed by atoms with Gasteiger partial charge in [0.25, 0.3) is 0 Å². The lowest BCUT2D eigenvalue weighted by Gasteiger charge is -2.61. The van der Waals surface area contributed by atoms with Gasteiger partial charge < -0.3 is 49.0 Å². The molecule has 1 spiro atoms. The molecule has 7 rings (SSSR count). The number of piperidine rings is 1. The quantitative estimate of drug-likeness (QED) is 0.121. The Kier molecular flexibility index (Phi) is 9.49. The summed E-state index contributed by atoms with van der Waals surface area (Å²) in [5.41, 5.74) is -0.325. The minimum atomic E-state index is -2.10. The molecule has 2 unspecified atom stereocenters. The van der Waals surface area contributed by atoms with Crippen molar-refractivity contribution in [3.05, 3.63) is 107 Å². The van der Waals surface area contributed by atoms with Gasteiger partial charge in [0.05, 0.1) is 17.4 Å². The topological polar surface area (TPSA) is 199 Å². The number of phenolic OH excluding ortho intramolecular Hbond substituents is 1. The average molecular weight is 730 g/mol. The largest absolute Gasteiger partial charge is 0.504 e. The molecule has 3 aromatic rings. The van der Waals surface area contributed by atoms with Gasteiger partial charge >= 0.3 is 23.9 Å². The smallest absolute Gasteiger partial charge is 0.349 e. The molecule has 2 heterocycles.